The van der Waals surface area contributed by atoms with Crippen LogP contribution in [0.1, 0.15) is 17.0 Å². The van der Waals surface area contributed by atoms with Crippen molar-refractivity contribution in [2.45, 2.75) is 24.8 Å². The highest BCUT2D eigenvalue weighted by Crippen LogP contribution is 2.31. The van der Waals surface area contributed by atoms with Crippen LogP contribution in [0.25, 0.3) is 0 Å². The summed E-state index contributed by atoms with van der Waals surface area (Å²) < 4.78 is 22.9. The molecule has 6 nitrogen and oxygen atoms in total. The van der Waals surface area contributed by atoms with E-state index in [1.807, 2.05) is 13.0 Å². The maximum atomic E-state index is 11.5. The molecule has 1 aromatic carbocycles. The van der Waals surface area contributed by atoms with Crippen LogP contribution in [-0.2, 0) is 23.0 Å². The molecule has 0 saturated carbocycles. The summed E-state index contributed by atoms with van der Waals surface area (Å²) in [6, 6.07) is 5.03. The maximum absolute atomic E-state index is 11.5. The zero-order chi connectivity index (χ0) is 15.0. The van der Waals surface area contributed by atoms with Crippen LogP contribution in [-0.4, -0.2) is 24.9 Å². The largest absolute Gasteiger partial charge is 0.365 e. The van der Waals surface area contributed by atoms with Crippen LogP contribution in [0.4, 0.5) is 5.69 Å². The fourth-order valence-electron chi connectivity index (χ4n) is 2.46. The molecule has 0 bridgehead atoms. The van der Waals surface area contributed by atoms with Gasteiger partial charge >= 0.3 is 0 Å². The molecular formula is C14H16N4O2S. The van der Waals surface area contributed by atoms with Gasteiger partial charge in [0, 0.05) is 18.4 Å². The van der Waals surface area contributed by atoms with Gasteiger partial charge in [-0.15, -0.1) is 0 Å². The monoisotopic (exact) mass is 304 g/mol. The normalized spacial score (nSPS) is 14.3. The molecule has 110 valence electrons. The van der Waals surface area contributed by atoms with E-state index in [1.54, 1.807) is 24.5 Å². The van der Waals surface area contributed by atoms with E-state index in [2.05, 4.69) is 14.9 Å². The summed E-state index contributed by atoms with van der Waals surface area (Å²) in [4.78, 5) is 10.8. The average Bonchev–Trinajstić information content (AvgIpc) is 2.83. The number of rotatable bonds is 3. The molecule has 2 aromatic rings. The Morgan fingerprint density at radius 1 is 1.29 bits per heavy atom. The number of hydrogen-bond donors (Lipinski definition) is 1. The number of nitrogens with zero attached hydrogens (tertiary/aromatic N) is 3. The van der Waals surface area contributed by atoms with E-state index in [0.29, 0.717) is 6.54 Å². The Morgan fingerprint density at radius 3 is 2.76 bits per heavy atom. The summed E-state index contributed by atoms with van der Waals surface area (Å²) in [5, 5.41) is 5.20. The third-order valence-electron chi connectivity index (χ3n) is 3.56. The van der Waals surface area contributed by atoms with Crippen LogP contribution in [0.3, 0.4) is 0 Å². The molecule has 21 heavy (non-hydrogen) atoms. The Balaban J connectivity index is 1.90. The van der Waals surface area contributed by atoms with Crippen molar-refractivity contribution in [3.63, 3.8) is 0 Å². The van der Waals surface area contributed by atoms with E-state index in [9.17, 15) is 8.42 Å². The third kappa shape index (κ3) is 2.88. The standard InChI is InChI=1S/C14H16N4O2S/c1-10-7-17-12(8-16-10)9-18-5-4-11-2-3-13(6-14(11)18)21(15,19)20/h2-3,6-8H,4-5,9H2,1H3,(H2,15,19,20). The topological polar surface area (TPSA) is 89.2 Å². The molecule has 1 aliphatic heterocycles. The zero-order valence-corrected chi connectivity index (χ0v) is 12.5. The molecule has 7 heteroatoms. The Morgan fingerprint density at radius 2 is 2.10 bits per heavy atom. The fraction of sp³-hybridized carbons (Fsp3) is 0.286. The van der Waals surface area contributed by atoms with Crippen molar-refractivity contribution in [3.8, 4) is 0 Å². The number of fused-ring (bicyclic) bond motifs is 1. The van der Waals surface area contributed by atoms with Gasteiger partial charge in [0.2, 0.25) is 10.0 Å². The molecule has 1 aromatic heterocycles. The molecule has 2 heterocycles. The van der Waals surface area contributed by atoms with Crippen LogP contribution in [0, 0.1) is 6.92 Å². The minimum atomic E-state index is -3.68. The number of sulfonamides is 1. The molecule has 0 spiro atoms. The summed E-state index contributed by atoms with van der Waals surface area (Å²) in [7, 11) is -3.68. The molecule has 0 amide bonds. The summed E-state index contributed by atoms with van der Waals surface area (Å²) in [5.74, 6) is 0. The highest BCUT2D eigenvalue weighted by Gasteiger charge is 2.22. The lowest BCUT2D eigenvalue weighted by Gasteiger charge is -2.19. The number of primary sulfonamides is 1. The Hall–Kier alpha value is -1.99. The predicted molar refractivity (Wildman–Crippen MR) is 79.3 cm³/mol. The zero-order valence-electron chi connectivity index (χ0n) is 11.7. The first-order valence-corrected chi connectivity index (χ1v) is 8.16. The fourth-order valence-corrected chi connectivity index (χ4v) is 3.00. The van der Waals surface area contributed by atoms with Gasteiger partial charge in [-0.2, -0.15) is 0 Å². The van der Waals surface area contributed by atoms with Gasteiger partial charge in [-0.1, -0.05) is 6.07 Å². The van der Waals surface area contributed by atoms with Crippen molar-refractivity contribution in [1.29, 1.82) is 0 Å². The predicted octanol–water partition coefficient (Wildman–Crippen LogP) is 0.995. The van der Waals surface area contributed by atoms with Gasteiger partial charge in [-0.3, -0.25) is 9.97 Å². The lowest BCUT2D eigenvalue weighted by atomic mass is 10.2. The summed E-state index contributed by atoms with van der Waals surface area (Å²) in [6.07, 6.45) is 4.36. The van der Waals surface area contributed by atoms with E-state index >= 15 is 0 Å². The van der Waals surface area contributed by atoms with Gasteiger partial charge in [0.15, 0.2) is 0 Å². The first-order chi connectivity index (χ1) is 9.93. The Kier molecular flexibility index (Phi) is 3.38. The highest BCUT2D eigenvalue weighted by molar-refractivity contribution is 7.89. The van der Waals surface area contributed by atoms with Crippen LogP contribution < -0.4 is 10.0 Å². The number of aryl methyl sites for hydroxylation is 1. The number of anilines is 1. The molecule has 0 radical (unpaired) electrons. The van der Waals surface area contributed by atoms with Crippen LogP contribution in [0.2, 0.25) is 0 Å². The van der Waals surface area contributed by atoms with Gasteiger partial charge in [0.1, 0.15) is 0 Å². The lowest BCUT2D eigenvalue weighted by Crippen LogP contribution is -2.21. The summed E-state index contributed by atoms with van der Waals surface area (Å²) in [5.41, 5.74) is 3.76. The second-order valence-corrected chi connectivity index (χ2v) is 6.72. The van der Waals surface area contributed by atoms with Gasteiger partial charge in [0.25, 0.3) is 0 Å². The van der Waals surface area contributed by atoms with Gasteiger partial charge in [-0.05, 0) is 31.0 Å². The quantitative estimate of drug-likeness (QED) is 0.913. The molecule has 0 atom stereocenters. The molecule has 3 rings (SSSR count). The smallest absolute Gasteiger partial charge is 0.238 e. The second-order valence-electron chi connectivity index (χ2n) is 5.16. The number of nitrogens with two attached hydrogens (primary N) is 1. The van der Waals surface area contributed by atoms with E-state index < -0.39 is 10.0 Å². The van der Waals surface area contributed by atoms with Gasteiger partial charge < -0.3 is 4.90 Å². The number of benzene rings is 1. The van der Waals surface area contributed by atoms with Crippen LogP contribution >= 0.6 is 0 Å². The van der Waals surface area contributed by atoms with Crippen LogP contribution in [0.15, 0.2) is 35.5 Å². The summed E-state index contributed by atoms with van der Waals surface area (Å²) >= 11 is 0. The lowest BCUT2D eigenvalue weighted by molar-refractivity contribution is 0.598. The molecule has 1 aliphatic rings. The first kappa shape index (κ1) is 14.0. The molecule has 0 fully saturated rings. The minimum Gasteiger partial charge on any atom is -0.365 e. The average molecular weight is 304 g/mol. The SMILES string of the molecule is Cc1cnc(CN2CCc3ccc(S(N)(=O)=O)cc32)cn1. The number of hydrogen-bond acceptors (Lipinski definition) is 5. The maximum Gasteiger partial charge on any atom is 0.238 e. The van der Waals surface area contributed by atoms with E-state index in [4.69, 9.17) is 5.14 Å². The van der Waals surface area contributed by atoms with Crippen molar-refractivity contribution < 1.29 is 8.42 Å². The molecule has 0 unspecified atom stereocenters. The third-order valence-corrected chi connectivity index (χ3v) is 4.48. The van der Waals surface area contributed by atoms with Crippen LogP contribution in [0.5, 0.6) is 0 Å². The van der Waals surface area contributed by atoms with Gasteiger partial charge in [-0.25, -0.2) is 13.6 Å². The highest BCUT2D eigenvalue weighted by atomic mass is 32.2. The minimum absolute atomic E-state index is 0.142. The van der Waals surface area contributed by atoms with E-state index in [-0.39, 0.29) is 4.90 Å². The molecule has 2 N–H and O–H groups in total. The van der Waals surface area contributed by atoms with E-state index in [1.165, 1.54) is 0 Å². The molecule has 0 aliphatic carbocycles. The van der Waals surface area contributed by atoms with Crippen molar-refractivity contribution in [2.75, 3.05) is 11.4 Å². The van der Waals surface area contributed by atoms with Crippen molar-refractivity contribution >= 4 is 15.7 Å². The number of aromatic nitrogens is 2. The Bertz CT molecular complexity index is 772. The van der Waals surface area contributed by atoms with Crippen molar-refractivity contribution in [2.24, 2.45) is 5.14 Å². The molecule has 0 saturated heterocycles. The van der Waals surface area contributed by atoms with Gasteiger partial charge in [0.05, 0.1) is 29.0 Å². The molecular weight excluding hydrogens is 288 g/mol. The first-order valence-electron chi connectivity index (χ1n) is 6.62. The van der Waals surface area contributed by atoms with E-state index in [0.717, 1.165) is 35.6 Å². The second kappa shape index (κ2) is 5.09. The Labute approximate surface area is 123 Å². The van der Waals surface area contributed by atoms with Crippen molar-refractivity contribution in [3.05, 3.63) is 47.5 Å². The van der Waals surface area contributed by atoms with Crippen molar-refractivity contribution in [1.82, 2.24) is 9.97 Å². The summed E-state index contributed by atoms with van der Waals surface area (Å²) in [6.45, 7) is 3.33.